The number of carboxylic acids is 1. The molecule has 1 atom stereocenters. The van der Waals surface area contributed by atoms with Gasteiger partial charge in [0.25, 0.3) is 0 Å². The Balaban J connectivity index is 1.79. The Hall–Kier alpha value is -2.45. The van der Waals surface area contributed by atoms with Crippen LogP contribution in [0, 0.1) is 0 Å². The summed E-state index contributed by atoms with van der Waals surface area (Å²) >= 11 is 0. The van der Waals surface area contributed by atoms with E-state index in [1.807, 2.05) is 30.3 Å². The van der Waals surface area contributed by atoms with Crippen LogP contribution in [0.4, 0.5) is 5.82 Å². The van der Waals surface area contributed by atoms with Gasteiger partial charge in [0.15, 0.2) is 0 Å². The lowest BCUT2D eigenvalue weighted by atomic mass is 10.1. The number of benzene rings is 1. The molecule has 2 heterocycles. The molecule has 2 N–H and O–H groups in total. The van der Waals surface area contributed by atoms with E-state index in [0.717, 1.165) is 18.4 Å². The lowest BCUT2D eigenvalue weighted by molar-refractivity contribution is -0.137. The van der Waals surface area contributed by atoms with Gasteiger partial charge in [-0.15, -0.1) is 0 Å². The van der Waals surface area contributed by atoms with Crippen LogP contribution in [0.3, 0.4) is 0 Å². The zero-order valence-corrected chi connectivity index (χ0v) is 15.0. The van der Waals surface area contributed by atoms with Crippen molar-refractivity contribution in [1.29, 1.82) is 0 Å². The zero-order chi connectivity index (χ0) is 18.6. The lowest BCUT2D eigenvalue weighted by Crippen LogP contribution is -2.32. The van der Waals surface area contributed by atoms with E-state index in [1.54, 1.807) is 0 Å². The fourth-order valence-electron chi connectivity index (χ4n) is 2.96. The molecule has 26 heavy (non-hydrogen) atoms. The molecule has 0 bridgehead atoms. The first-order chi connectivity index (χ1) is 12.5. The highest BCUT2D eigenvalue weighted by Crippen LogP contribution is 2.22. The number of hydrogen-bond acceptors (Lipinski definition) is 5. The second kappa shape index (κ2) is 7.84. The van der Waals surface area contributed by atoms with Crippen molar-refractivity contribution in [3.05, 3.63) is 54.2 Å². The molecule has 8 heteroatoms. The van der Waals surface area contributed by atoms with Crippen LogP contribution in [-0.2, 0) is 21.2 Å². The third-order valence-electron chi connectivity index (χ3n) is 4.34. The summed E-state index contributed by atoms with van der Waals surface area (Å²) in [4.78, 5) is 15.8. The van der Waals surface area contributed by atoms with Crippen LogP contribution in [0.15, 0.2) is 53.6 Å². The molecular weight excluding hydrogens is 354 g/mol. The van der Waals surface area contributed by atoms with Gasteiger partial charge in [-0.2, -0.15) is 4.31 Å². The third kappa shape index (κ3) is 4.20. The number of nitrogens with zero attached hydrogens (tertiary/aromatic N) is 2. The molecule has 1 saturated heterocycles. The number of nitrogens with one attached hydrogen (secondary N) is 1. The topological polar surface area (TPSA) is 99.6 Å². The zero-order valence-electron chi connectivity index (χ0n) is 14.2. The number of aromatic nitrogens is 1. The van der Waals surface area contributed by atoms with Crippen molar-refractivity contribution >= 4 is 21.8 Å². The van der Waals surface area contributed by atoms with Crippen LogP contribution >= 0.6 is 0 Å². The number of carboxylic acid groups (broad SMARTS) is 1. The van der Waals surface area contributed by atoms with E-state index >= 15 is 0 Å². The molecule has 0 aliphatic carbocycles. The second-order valence-corrected chi connectivity index (χ2v) is 8.15. The van der Waals surface area contributed by atoms with Gasteiger partial charge in [0.05, 0.1) is 4.90 Å². The molecule has 0 spiro atoms. The summed E-state index contributed by atoms with van der Waals surface area (Å²) in [6, 6.07) is 11.2. The Morgan fingerprint density at radius 1 is 1.19 bits per heavy atom. The van der Waals surface area contributed by atoms with E-state index in [-0.39, 0.29) is 17.1 Å². The molecule has 1 aliphatic heterocycles. The summed E-state index contributed by atoms with van der Waals surface area (Å²) in [5.41, 5.74) is 0.869. The van der Waals surface area contributed by atoms with Crippen LogP contribution in [0.5, 0.6) is 0 Å². The predicted octanol–water partition coefficient (Wildman–Crippen LogP) is 1.97. The van der Waals surface area contributed by atoms with Crippen molar-refractivity contribution in [2.45, 2.75) is 30.2 Å². The normalized spacial score (nSPS) is 16.3. The Bertz CT molecular complexity index is 865. The summed E-state index contributed by atoms with van der Waals surface area (Å²) in [6.45, 7) is 1.03. The molecule has 138 valence electrons. The maximum Gasteiger partial charge on any atom is 0.326 e. The summed E-state index contributed by atoms with van der Waals surface area (Å²) in [6.07, 6.45) is 3.36. The van der Waals surface area contributed by atoms with Gasteiger partial charge in [-0.1, -0.05) is 30.3 Å². The van der Waals surface area contributed by atoms with Crippen LogP contribution < -0.4 is 5.32 Å². The highest BCUT2D eigenvalue weighted by Gasteiger charge is 2.28. The van der Waals surface area contributed by atoms with Gasteiger partial charge < -0.3 is 10.4 Å². The molecule has 0 saturated carbocycles. The van der Waals surface area contributed by atoms with E-state index in [4.69, 9.17) is 0 Å². The maximum atomic E-state index is 12.7. The quantitative estimate of drug-likeness (QED) is 0.768. The fraction of sp³-hybridized carbons (Fsp3) is 0.333. The highest BCUT2D eigenvalue weighted by atomic mass is 32.2. The highest BCUT2D eigenvalue weighted by molar-refractivity contribution is 7.89. The van der Waals surface area contributed by atoms with Gasteiger partial charge >= 0.3 is 5.97 Å². The van der Waals surface area contributed by atoms with E-state index in [2.05, 4.69) is 10.3 Å². The first kappa shape index (κ1) is 18.3. The minimum atomic E-state index is -3.57. The van der Waals surface area contributed by atoms with Gasteiger partial charge in [-0.25, -0.2) is 18.2 Å². The Labute approximate surface area is 152 Å². The van der Waals surface area contributed by atoms with Crippen molar-refractivity contribution < 1.29 is 18.3 Å². The van der Waals surface area contributed by atoms with Gasteiger partial charge in [-0.05, 0) is 24.5 Å². The average Bonchev–Trinajstić information content (AvgIpc) is 3.18. The summed E-state index contributed by atoms with van der Waals surface area (Å²) in [7, 11) is -3.57. The largest absolute Gasteiger partial charge is 0.480 e. The van der Waals surface area contributed by atoms with Crippen molar-refractivity contribution in [3.8, 4) is 0 Å². The Morgan fingerprint density at radius 3 is 2.54 bits per heavy atom. The van der Waals surface area contributed by atoms with Gasteiger partial charge in [0.1, 0.15) is 11.9 Å². The molecule has 3 rings (SSSR count). The van der Waals surface area contributed by atoms with Crippen molar-refractivity contribution in [1.82, 2.24) is 9.29 Å². The predicted molar refractivity (Wildman–Crippen MR) is 97.4 cm³/mol. The van der Waals surface area contributed by atoms with Crippen molar-refractivity contribution in [3.63, 3.8) is 0 Å². The second-order valence-electron chi connectivity index (χ2n) is 6.21. The first-order valence-electron chi connectivity index (χ1n) is 8.46. The van der Waals surface area contributed by atoms with Crippen molar-refractivity contribution in [2.75, 3.05) is 18.4 Å². The molecule has 0 unspecified atom stereocenters. The molecular formula is C18H21N3O4S. The molecule has 1 aromatic carbocycles. The van der Waals surface area contributed by atoms with Gasteiger partial charge in [-0.3, -0.25) is 0 Å². The van der Waals surface area contributed by atoms with E-state index in [0.29, 0.717) is 13.1 Å². The molecule has 0 amide bonds. The number of anilines is 1. The third-order valence-corrected chi connectivity index (χ3v) is 6.23. The minimum absolute atomic E-state index is 0.126. The first-order valence-corrected chi connectivity index (χ1v) is 9.90. The van der Waals surface area contributed by atoms with Crippen LogP contribution in [-0.4, -0.2) is 47.9 Å². The Kier molecular flexibility index (Phi) is 5.53. The number of sulfonamides is 1. The summed E-state index contributed by atoms with van der Waals surface area (Å²) < 4.78 is 26.8. The van der Waals surface area contributed by atoms with E-state index < -0.39 is 22.0 Å². The van der Waals surface area contributed by atoms with Crippen LogP contribution in [0.2, 0.25) is 0 Å². The molecule has 7 nitrogen and oxygen atoms in total. The average molecular weight is 375 g/mol. The molecule has 1 aliphatic rings. The molecule has 1 aromatic heterocycles. The van der Waals surface area contributed by atoms with Crippen molar-refractivity contribution in [2.24, 2.45) is 0 Å². The number of rotatable bonds is 7. The number of pyridine rings is 1. The molecule has 0 radical (unpaired) electrons. The van der Waals surface area contributed by atoms with E-state index in [9.17, 15) is 18.3 Å². The summed E-state index contributed by atoms with van der Waals surface area (Å²) in [5.74, 6) is -0.794. The smallest absolute Gasteiger partial charge is 0.326 e. The minimum Gasteiger partial charge on any atom is -0.480 e. The van der Waals surface area contributed by atoms with Gasteiger partial charge in [0.2, 0.25) is 10.0 Å². The SMILES string of the molecule is O=C(O)[C@@H](Cc1ccccc1)Nc1cc(S(=O)(=O)N2CCCC2)ccn1. The number of aliphatic carboxylic acids is 1. The molecule has 1 fully saturated rings. The number of carbonyl (C=O) groups is 1. The lowest BCUT2D eigenvalue weighted by Gasteiger charge is -2.18. The van der Waals surface area contributed by atoms with Crippen LogP contribution in [0.25, 0.3) is 0 Å². The van der Waals surface area contributed by atoms with Crippen LogP contribution in [0.1, 0.15) is 18.4 Å². The standard InChI is InChI=1S/C18H21N3O4S/c22-18(23)16(12-14-6-2-1-3-7-14)20-17-13-15(8-9-19-17)26(24,25)21-10-4-5-11-21/h1-3,6-9,13,16H,4-5,10-12H2,(H,19,20)(H,22,23)/t16-/m1/s1. The fourth-order valence-corrected chi connectivity index (χ4v) is 4.49. The monoisotopic (exact) mass is 375 g/mol. The molecule has 2 aromatic rings. The van der Waals surface area contributed by atoms with E-state index in [1.165, 1.54) is 22.6 Å². The maximum absolute atomic E-state index is 12.7. The Morgan fingerprint density at radius 2 is 1.88 bits per heavy atom. The summed E-state index contributed by atoms with van der Waals surface area (Å²) in [5, 5.41) is 12.3. The number of hydrogen-bond donors (Lipinski definition) is 2. The van der Waals surface area contributed by atoms with Gasteiger partial charge in [0, 0.05) is 31.8 Å².